The zero-order valence-electron chi connectivity index (χ0n) is 12.6. The molecule has 3 heteroatoms. The van der Waals surface area contributed by atoms with Crippen LogP contribution in [0, 0.1) is 11.8 Å². The second-order valence-electron chi connectivity index (χ2n) is 7.37. The zero-order chi connectivity index (χ0) is 13.9. The van der Waals surface area contributed by atoms with Crippen molar-refractivity contribution in [2.24, 2.45) is 11.8 Å². The number of piperidine rings is 1. The molecule has 3 fully saturated rings. The van der Waals surface area contributed by atoms with Gasteiger partial charge in [-0.1, -0.05) is 25.7 Å². The van der Waals surface area contributed by atoms with Crippen LogP contribution < -0.4 is 0 Å². The van der Waals surface area contributed by atoms with Gasteiger partial charge in [0.25, 0.3) is 0 Å². The summed E-state index contributed by atoms with van der Waals surface area (Å²) in [6, 6.07) is 1.39. The molecule has 2 saturated heterocycles. The lowest BCUT2D eigenvalue weighted by Crippen LogP contribution is -2.45. The summed E-state index contributed by atoms with van der Waals surface area (Å²) in [6.07, 6.45) is 13.9. The van der Waals surface area contributed by atoms with E-state index in [4.69, 9.17) is 5.11 Å². The van der Waals surface area contributed by atoms with Crippen LogP contribution in [-0.2, 0) is 4.79 Å². The van der Waals surface area contributed by atoms with Crippen molar-refractivity contribution in [3.8, 4) is 0 Å². The van der Waals surface area contributed by atoms with Crippen molar-refractivity contribution >= 4 is 5.97 Å². The molecule has 0 aromatic carbocycles. The molecular weight excluding hydrogens is 250 g/mol. The highest BCUT2D eigenvalue weighted by Gasteiger charge is 2.41. The van der Waals surface area contributed by atoms with Crippen molar-refractivity contribution in [3.63, 3.8) is 0 Å². The number of nitrogens with zero attached hydrogens (tertiary/aromatic N) is 1. The van der Waals surface area contributed by atoms with Gasteiger partial charge in [-0.3, -0.25) is 9.69 Å². The average molecular weight is 279 g/mol. The molecule has 0 amide bonds. The average Bonchev–Trinajstić information content (AvgIpc) is 2.63. The first-order valence-electron chi connectivity index (χ1n) is 8.70. The predicted octanol–water partition coefficient (Wildman–Crippen LogP) is 3.67. The number of aliphatic carboxylic acids is 1. The first-order chi connectivity index (χ1) is 9.72. The second kappa shape index (κ2) is 6.46. The van der Waals surface area contributed by atoms with Gasteiger partial charge in [0, 0.05) is 25.0 Å². The molecule has 3 nitrogen and oxygen atoms in total. The summed E-state index contributed by atoms with van der Waals surface area (Å²) in [6.45, 7) is 1.30. The van der Waals surface area contributed by atoms with Crippen LogP contribution in [0.4, 0.5) is 0 Å². The molecule has 0 aromatic rings. The molecule has 2 heterocycles. The van der Waals surface area contributed by atoms with Gasteiger partial charge in [-0.15, -0.1) is 0 Å². The molecule has 2 bridgehead atoms. The summed E-state index contributed by atoms with van der Waals surface area (Å²) < 4.78 is 0. The van der Waals surface area contributed by atoms with Gasteiger partial charge in [0.2, 0.25) is 0 Å². The van der Waals surface area contributed by atoms with E-state index in [0.717, 1.165) is 18.8 Å². The minimum Gasteiger partial charge on any atom is -0.481 e. The lowest BCUT2D eigenvalue weighted by molar-refractivity contribution is -0.138. The van der Waals surface area contributed by atoms with Gasteiger partial charge >= 0.3 is 5.97 Å². The summed E-state index contributed by atoms with van der Waals surface area (Å²) in [4.78, 5) is 13.7. The Bertz CT molecular complexity index is 322. The van der Waals surface area contributed by atoms with Crippen molar-refractivity contribution in [3.05, 3.63) is 0 Å². The van der Waals surface area contributed by atoms with E-state index in [1.165, 1.54) is 57.9 Å². The summed E-state index contributed by atoms with van der Waals surface area (Å²) in [5.74, 6) is 0.749. The van der Waals surface area contributed by atoms with E-state index >= 15 is 0 Å². The van der Waals surface area contributed by atoms with Crippen molar-refractivity contribution in [2.45, 2.75) is 82.7 Å². The third-order valence-corrected chi connectivity index (χ3v) is 5.89. The summed E-state index contributed by atoms with van der Waals surface area (Å²) in [7, 11) is 0. The van der Waals surface area contributed by atoms with Gasteiger partial charge in [-0.25, -0.2) is 0 Å². The molecule has 2 aliphatic heterocycles. The van der Waals surface area contributed by atoms with E-state index in [2.05, 4.69) is 4.90 Å². The maximum atomic E-state index is 10.9. The van der Waals surface area contributed by atoms with E-state index in [1.807, 2.05) is 0 Å². The monoisotopic (exact) mass is 279 g/mol. The lowest BCUT2D eigenvalue weighted by Gasteiger charge is -2.40. The number of carboxylic acids is 1. The van der Waals surface area contributed by atoms with Gasteiger partial charge in [0.15, 0.2) is 0 Å². The summed E-state index contributed by atoms with van der Waals surface area (Å²) in [5, 5.41) is 9.00. The smallest absolute Gasteiger partial charge is 0.303 e. The number of carbonyl (C=O) groups is 1. The Morgan fingerprint density at radius 2 is 1.50 bits per heavy atom. The van der Waals surface area contributed by atoms with Gasteiger partial charge in [0.1, 0.15) is 0 Å². The van der Waals surface area contributed by atoms with Crippen molar-refractivity contribution < 1.29 is 9.90 Å². The molecule has 1 N–H and O–H groups in total. The molecule has 1 aliphatic carbocycles. The van der Waals surface area contributed by atoms with Crippen LogP contribution in [0.5, 0.6) is 0 Å². The van der Waals surface area contributed by atoms with Crippen LogP contribution in [0.15, 0.2) is 0 Å². The predicted molar refractivity (Wildman–Crippen MR) is 79.7 cm³/mol. The highest BCUT2D eigenvalue weighted by molar-refractivity contribution is 5.67. The third-order valence-electron chi connectivity index (χ3n) is 5.89. The standard InChI is InChI=1S/C17H29NO2/c19-17(20)11-14-9-15-7-8-16(10-14)18(15)12-13-5-3-1-2-4-6-13/h13-16H,1-12H2,(H,19,20). The molecule has 114 valence electrons. The molecule has 3 aliphatic rings. The third kappa shape index (κ3) is 3.36. The molecule has 0 aromatic heterocycles. The Kier molecular flexibility index (Phi) is 4.65. The van der Waals surface area contributed by atoms with Crippen LogP contribution in [0.2, 0.25) is 0 Å². The fourth-order valence-corrected chi connectivity index (χ4v) is 4.94. The summed E-state index contributed by atoms with van der Waals surface area (Å²) >= 11 is 0. The Labute approximate surface area is 122 Å². The molecule has 3 rings (SSSR count). The maximum absolute atomic E-state index is 10.9. The lowest BCUT2D eigenvalue weighted by atomic mass is 9.87. The quantitative estimate of drug-likeness (QED) is 0.798. The van der Waals surface area contributed by atoms with Crippen LogP contribution in [0.25, 0.3) is 0 Å². The molecule has 2 unspecified atom stereocenters. The number of carboxylic acid groups (broad SMARTS) is 1. The van der Waals surface area contributed by atoms with Crippen LogP contribution >= 0.6 is 0 Å². The minimum absolute atomic E-state index is 0.393. The first kappa shape index (κ1) is 14.4. The largest absolute Gasteiger partial charge is 0.481 e. The Morgan fingerprint density at radius 3 is 2.05 bits per heavy atom. The highest BCUT2D eigenvalue weighted by Crippen LogP contribution is 2.41. The van der Waals surface area contributed by atoms with Gasteiger partial charge in [-0.2, -0.15) is 0 Å². The molecule has 1 saturated carbocycles. The Morgan fingerprint density at radius 1 is 0.900 bits per heavy atom. The molecule has 20 heavy (non-hydrogen) atoms. The molecular formula is C17H29NO2. The Balaban J connectivity index is 1.55. The number of fused-ring (bicyclic) bond motifs is 2. The summed E-state index contributed by atoms with van der Waals surface area (Å²) in [5.41, 5.74) is 0. The van der Waals surface area contributed by atoms with E-state index in [0.29, 0.717) is 24.4 Å². The normalized spacial score (nSPS) is 35.9. The fourth-order valence-electron chi connectivity index (χ4n) is 4.94. The Hall–Kier alpha value is -0.570. The van der Waals surface area contributed by atoms with E-state index in [-0.39, 0.29) is 0 Å². The second-order valence-corrected chi connectivity index (χ2v) is 7.37. The fraction of sp³-hybridized carbons (Fsp3) is 0.941. The van der Waals surface area contributed by atoms with Crippen LogP contribution in [-0.4, -0.2) is 34.6 Å². The minimum atomic E-state index is -0.605. The highest BCUT2D eigenvalue weighted by atomic mass is 16.4. The van der Waals surface area contributed by atoms with Crippen LogP contribution in [0.3, 0.4) is 0 Å². The van der Waals surface area contributed by atoms with Gasteiger partial charge < -0.3 is 5.11 Å². The molecule has 0 radical (unpaired) electrons. The topological polar surface area (TPSA) is 40.5 Å². The van der Waals surface area contributed by atoms with Crippen molar-refractivity contribution in [2.75, 3.05) is 6.54 Å². The molecule has 0 spiro atoms. The maximum Gasteiger partial charge on any atom is 0.303 e. The molecule has 2 atom stereocenters. The van der Waals surface area contributed by atoms with Gasteiger partial charge in [-0.05, 0) is 50.4 Å². The zero-order valence-corrected chi connectivity index (χ0v) is 12.6. The first-order valence-corrected chi connectivity index (χ1v) is 8.70. The van der Waals surface area contributed by atoms with Gasteiger partial charge in [0.05, 0.1) is 0 Å². The van der Waals surface area contributed by atoms with Crippen molar-refractivity contribution in [1.29, 1.82) is 0 Å². The van der Waals surface area contributed by atoms with E-state index in [1.54, 1.807) is 0 Å². The number of hydrogen-bond acceptors (Lipinski definition) is 2. The number of hydrogen-bond donors (Lipinski definition) is 1. The van der Waals surface area contributed by atoms with Crippen LogP contribution in [0.1, 0.15) is 70.6 Å². The van der Waals surface area contributed by atoms with E-state index in [9.17, 15) is 4.79 Å². The van der Waals surface area contributed by atoms with E-state index < -0.39 is 5.97 Å². The number of rotatable bonds is 4. The van der Waals surface area contributed by atoms with Crippen molar-refractivity contribution in [1.82, 2.24) is 4.90 Å². The SMILES string of the molecule is O=C(O)CC1CC2CCC(C1)N2CC1CCCCCC1.